The lowest BCUT2D eigenvalue weighted by Crippen LogP contribution is -2.62. The fourth-order valence-corrected chi connectivity index (χ4v) is 6.39. The van der Waals surface area contributed by atoms with Crippen LogP contribution >= 0.6 is 0 Å². The summed E-state index contributed by atoms with van der Waals surface area (Å²) < 4.78 is 10.7. The molecule has 0 saturated heterocycles. The predicted molar refractivity (Wildman–Crippen MR) is 197 cm³/mol. The molecule has 4 aromatic rings. The van der Waals surface area contributed by atoms with Gasteiger partial charge < -0.3 is 35.6 Å². The van der Waals surface area contributed by atoms with Crippen LogP contribution in [0.5, 0.6) is 5.75 Å². The van der Waals surface area contributed by atoms with Crippen LogP contribution in [0.4, 0.5) is 4.79 Å². The van der Waals surface area contributed by atoms with E-state index < -0.39 is 54.3 Å². The van der Waals surface area contributed by atoms with E-state index >= 15 is 0 Å². The number of carbonyl (C=O) groups is 3. The molecule has 0 aromatic heterocycles. The molecule has 11 nitrogen and oxygen atoms in total. The number of carbonyl (C=O) groups excluding carboxylic acids is 3. The Kier molecular flexibility index (Phi) is 13.4. The summed E-state index contributed by atoms with van der Waals surface area (Å²) in [7, 11) is 1.58. The molecule has 6 N–H and O–H groups in total. The number of fused-ring (bicyclic) bond motifs is 1. The summed E-state index contributed by atoms with van der Waals surface area (Å²) in [5.74, 6) is -0.747. The molecule has 0 fully saturated rings. The maximum atomic E-state index is 14.2. The molecule has 5 rings (SSSR count). The van der Waals surface area contributed by atoms with E-state index in [9.17, 15) is 24.6 Å². The third kappa shape index (κ3) is 10.2. The van der Waals surface area contributed by atoms with Crippen LogP contribution in [0.2, 0.25) is 0 Å². The van der Waals surface area contributed by atoms with E-state index in [1.54, 1.807) is 33.1 Å². The largest absolute Gasteiger partial charge is 0.497 e. The zero-order chi connectivity index (χ0) is 37.0. The minimum atomic E-state index is -1.45. The minimum absolute atomic E-state index is 0.0330. The standard InChI is InChI=1S/C41H48N4O7/c1-26(2)35(45-41(50)52-25-29-14-8-5-9-15-29)39(48)43-33(22-27-12-6-4-7-13-27)38(47)37(42-24-28-18-20-31(51-3)21-19-28)40(49)44-36-32-17-11-10-16-30(32)23-34(36)46/h4-21,26,33-38,42,46-47H,22-25H2,1-3H3,(H,43,48)(H,44,49)(H,45,50)/t33-,34+,35-,36?,37+,38+/m0/s1. The summed E-state index contributed by atoms with van der Waals surface area (Å²) in [6.45, 7) is 3.83. The van der Waals surface area contributed by atoms with E-state index in [1.807, 2.05) is 97.1 Å². The first-order valence-electron chi connectivity index (χ1n) is 17.5. The molecular weight excluding hydrogens is 660 g/mol. The van der Waals surface area contributed by atoms with Crippen LogP contribution in [0.3, 0.4) is 0 Å². The van der Waals surface area contributed by atoms with Gasteiger partial charge in [0.15, 0.2) is 0 Å². The first-order valence-corrected chi connectivity index (χ1v) is 17.5. The van der Waals surface area contributed by atoms with Crippen molar-refractivity contribution in [2.24, 2.45) is 5.92 Å². The Balaban J connectivity index is 1.38. The number of ether oxygens (including phenoxy) is 2. The Morgan fingerprint density at radius 1 is 0.769 bits per heavy atom. The number of hydrogen-bond acceptors (Lipinski definition) is 8. The van der Waals surface area contributed by atoms with Gasteiger partial charge >= 0.3 is 6.09 Å². The zero-order valence-corrected chi connectivity index (χ0v) is 29.7. The first-order chi connectivity index (χ1) is 25.1. The second-order valence-electron chi connectivity index (χ2n) is 13.4. The average Bonchev–Trinajstić information content (AvgIpc) is 3.47. The summed E-state index contributed by atoms with van der Waals surface area (Å²) >= 11 is 0. The lowest BCUT2D eigenvalue weighted by molar-refractivity contribution is -0.131. The van der Waals surface area contributed by atoms with E-state index in [-0.39, 0.29) is 25.5 Å². The molecule has 0 aliphatic heterocycles. The molecular formula is C41H48N4O7. The van der Waals surface area contributed by atoms with Crippen molar-refractivity contribution in [1.29, 1.82) is 0 Å². The summed E-state index contributed by atoms with van der Waals surface area (Å²) in [4.78, 5) is 40.9. The van der Waals surface area contributed by atoms with Crippen molar-refractivity contribution in [1.82, 2.24) is 21.3 Å². The van der Waals surface area contributed by atoms with Gasteiger partial charge in [0.05, 0.1) is 31.4 Å². The fraction of sp³-hybridized carbons (Fsp3) is 0.341. The van der Waals surface area contributed by atoms with Gasteiger partial charge in [-0.05, 0) is 52.3 Å². The van der Waals surface area contributed by atoms with E-state index in [0.29, 0.717) is 12.2 Å². The molecule has 6 atom stereocenters. The molecule has 1 unspecified atom stereocenters. The van der Waals surface area contributed by atoms with Crippen molar-refractivity contribution in [2.75, 3.05) is 7.11 Å². The molecule has 11 heteroatoms. The number of methoxy groups -OCH3 is 1. The van der Waals surface area contributed by atoms with Crippen LogP contribution in [0.25, 0.3) is 0 Å². The van der Waals surface area contributed by atoms with Gasteiger partial charge in [-0.25, -0.2) is 4.79 Å². The lowest BCUT2D eigenvalue weighted by atomic mass is 9.94. The van der Waals surface area contributed by atoms with Crippen molar-refractivity contribution < 1.29 is 34.1 Å². The van der Waals surface area contributed by atoms with Crippen LogP contribution in [0.1, 0.15) is 47.7 Å². The number of aliphatic hydroxyl groups is 2. The van der Waals surface area contributed by atoms with Gasteiger partial charge in [0.1, 0.15) is 24.4 Å². The number of amides is 3. The fourth-order valence-electron chi connectivity index (χ4n) is 6.39. The van der Waals surface area contributed by atoms with Gasteiger partial charge in [-0.3, -0.25) is 14.9 Å². The molecule has 1 aliphatic rings. The molecule has 0 radical (unpaired) electrons. The Bertz CT molecular complexity index is 1750. The molecule has 1 aliphatic carbocycles. The molecule has 0 saturated carbocycles. The first kappa shape index (κ1) is 38.0. The lowest BCUT2D eigenvalue weighted by Gasteiger charge is -2.33. The summed E-state index contributed by atoms with van der Waals surface area (Å²) in [6.07, 6.45) is -2.49. The van der Waals surface area contributed by atoms with Crippen LogP contribution < -0.4 is 26.0 Å². The third-order valence-electron chi connectivity index (χ3n) is 9.28. The maximum Gasteiger partial charge on any atom is 0.408 e. The van der Waals surface area contributed by atoms with E-state index in [1.165, 1.54) is 0 Å². The van der Waals surface area contributed by atoms with Crippen molar-refractivity contribution >= 4 is 17.9 Å². The van der Waals surface area contributed by atoms with Gasteiger partial charge in [0, 0.05) is 13.0 Å². The quantitative estimate of drug-likeness (QED) is 0.102. The van der Waals surface area contributed by atoms with Crippen LogP contribution in [0, 0.1) is 5.92 Å². The van der Waals surface area contributed by atoms with Gasteiger partial charge in [-0.15, -0.1) is 0 Å². The van der Waals surface area contributed by atoms with Gasteiger partial charge in [0.25, 0.3) is 0 Å². The van der Waals surface area contributed by atoms with Crippen LogP contribution in [-0.2, 0) is 40.3 Å². The molecule has 274 valence electrons. The Labute approximate surface area is 304 Å². The van der Waals surface area contributed by atoms with Crippen molar-refractivity contribution in [3.63, 3.8) is 0 Å². The van der Waals surface area contributed by atoms with Gasteiger partial charge in [-0.1, -0.05) is 111 Å². The van der Waals surface area contributed by atoms with Crippen LogP contribution in [0.15, 0.2) is 109 Å². The summed E-state index contributed by atoms with van der Waals surface area (Å²) in [6, 6.07) is 29.5. The van der Waals surface area contributed by atoms with Crippen LogP contribution in [-0.4, -0.2) is 65.6 Å². The van der Waals surface area contributed by atoms with Gasteiger partial charge in [-0.2, -0.15) is 0 Å². The second kappa shape index (κ2) is 18.3. The normalized spacial score (nSPS) is 17.3. The maximum absolute atomic E-state index is 14.2. The number of rotatable bonds is 16. The summed E-state index contributed by atoms with van der Waals surface area (Å²) in [5, 5.41) is 34.9. The molecule has 0 spiro atoms. The van der Waals surface area contributed by atoms with E-state index in [2.05, 4.69) is 21.3 Å². The highest BCUT2D eigenvalue weighted by atomic mass is 16.5. The smallest absolute Gasteiger partial charge is 0.408 e. The molecule has 4 aromatic carbocycles. The molecule has 3 amide bonds. The molecule has 52 heavy (non-hydrogen) atoms. The monoisotopic (exact) mass is 708 g/mol. The summed E-state index contributed by atoms with van der Waals surface area (Å²) in [5.41, 5.74) is 4.20. The highest BCUT2D eigenvalue weighted by molar-refractivity contribution is 5.87. The van der Waals surface area contributed by atoms with Crippen molar-refractivity contribution in [2.45, 2.75) is 76.2 Å². The second-order valence-corrected chi connectivity index (χ2v) is 13.4. The Morgan fingerprint density at radius 3 is 2.06 bits per heavy atom. The van der Waals surface area contributed by atoms with E-state index in [4.69, 9.17) is 9.47 Å². The van der Waals surface area contributed by atoms with E-state index in [0.717, 1.165) is 27.8 Å². The average molecular weight is 709 g/mol. The Hall–Kier alpha value is -5.23. The number of alkyl carbamates (subject to hydrolysis) is 1. The third-order valence-corrected chi connectivity index (χ3v) is 9.28. The molecule has 0 heterocycles. The predicted octanol–water partition coefficient (Wildman–Crippen LogP) is 3.97. The SMILES string of the molecule is COc1ccc(CN[C@@H](C(=O)NC2c3ccccc3C[C@H]2O)[C@H](O)[C@H](Cc2ccccc2)NC(=O)[C@@H](NC(=O)OCc2ccccc2)C(C)C)cc1. The van der Waals surface area contributed by atoms with Crippen molar-refractivity contribution in [3.05, 3.63) is 137 Å². The number of aliphatic hydroxyl groups excluding tert-OH is 2. The minimum Gasteiger partial charge on any atom is -0.497 e. The molecule has 0 bridgehead atoms. The number of hydrogen-bond donors (Lipinski definition) is 6. The van der Waals surface area contributed by atoms with Gasteiger partial charge in [0.2, 0.25) is 11.8 Å². The highest BCUT2D eigenvalue weighted by Gasteiger charge is 2.39. The highest BCUT2D eigenvalue weighted by Crippen LogP contribution is 2.31. The number of benzene rings is 4. The topological polar surface area (TPSA) is 158 Å². The van der Waals surface area contributed by atoms with Crippen molar-refractivity contribution in [3.8, 4) is 5.75 Å². The zero-order valence-electron chi connectivity index (χ0n) is 29.7. The Morgan fingerprint density at radius 2 is 1.40 bits per heavy atom. The number of nitrogens with one attached hydrogen (secondary N) is 4.